The van der Waals surface area contributed by atoms with Crippen molar-refractivity contribution in [3.8, 4) is 5.75 Å². The van der Waals surface area contributed by atoms with E-state index in [1.165, 1.54) is 19.4 Å². The summed E-state index contributed by atoms with van der Waals surface area (Å²) < 4.78 is 32.2. The highest BCUT2D eigenvalue weighted by Crippen LogP contribution is 2.29. The second kappa shape index (κ2) is 6.71. The van der Waals surface area contributed by atoms with Gasteiger partial charge in [-0.05, 0) is 30.7 Å². The molecule has 0 aliphatic carbocycles. The summed E-state index contributed by atoms with van der Waals surface area (Å²) in [5.74, 6) is 0.205. The number of benzene rings is 1. The number of rotatable bonds is 6. The summed E-state index contributed by atoms with van der Waals surface area (Å²) in [7, 11) is -2.74. The van der Waals surface area contributed by atoms with Crippen LogP contribution in [0, 0.1) is 10.1 Å². The monoisotopic (exact) mass is 337 g/mol. The van der Waals surface area contributed by atoms with Crippen LogP contribution < -0.4 is 9.46 Å². The Kier molecular flexibility index (Phi) is 4.92. The lowest BCUT2D eigenvalue weighted by molar-refractivity contribution is -0.387. The lowest BCUT2D eigenvalue weighted by atomic mass is 10.2. The second-order valence-corrected chi connectivity index (χ2v) is 6.40. The minimum absolute atomic E-state index is 0.205. The first-order valence-electron chi connectivity index (χ1n) is 6.60. The molecule has 122 valence electrons. The van der Waals surface area contributed by atoms with Crippen LogP contribution in [-0.2, 0) is 10.0 Å². The van der Waals surface area contributed by atoms with E-state index in [0.717, 1.165) is 12.1 Å². The van der Waals surface area contributed by atoms with Crippen LogP contribution in [0.3, 0.4) is 0 Å². The third-order valence-electron chi connectivity index (χ3n) is 3.17. The first kappa shape index (κ1) is 16.8. The van der Waals surface area contributed by atoms with E-state index < -0.39 is 31.6 Å². The van der Waals surface area contributed by atoms with Crippen LogP contribution in [-0.4, -0.2) is 25.4 Å². The molecule has 9 heteroatoms. The fourth-order valence-corrected chi connectivity index (χ4v) is 3.37. The molecule has 0 amide bonds. The van der Waals surface area contributed by atoms with Crippen molar-refractivity contribution >= 4 is 15.7 Å². The average Bonchev–Trinajstić information content (AvgIpc) is 2.54. The van der Waals surface area contributed by atoms with Gasteiger partial charge < -0.3 is 4.74 Å². The number of nitro groups is 1. The minimum Gasteiger partial charge on any atom is -0.497 e. The minimum atomic E-state index is -4.08. The third-order valence-corrected chi connectivity index (χ3v) is 4.76. The molecule has 0 radical (unpaired) electrons. The highest BCUT2D eigenvalue weighted by Gasteiger charge is 2.28. The van der Waals surface area contributed by atoms with Gasteiger partial charge in [0, 0.05) is 18.4 Å². The van der Waals surface area contributed by atoms with Gasteiger partial charge in [0.15, 0.2) is 4.90 Å². The van der Waals surface area contributed by atoms with Gasteiger partial charge in [-0.25, -0.2) is 13.1 Å². The van der Waals surface area contributed by atoms with Crippen molar-refractivity contribution in [1.29, 1.82) is 0 Å². The van der Waals surface area contributed by atoms with Crippen molar-refractivity contribution in [1.82, 2.24) is 9.71 Å². The molecule has 1 unspecified atom stereocenters. The van der Waals surface area contributed by atoms with Gasteiger partial charge >= 0.3 is 0 Å². The zero-order valence-electron chi connectivity index (χ0n) is 12.5. The van der Waals surface area contributed by atoms with Gasteiger partial charge in [0.05, 0.1) is 18.1 Å². The zero-order valence-corrected chi connectivity index (χ0v) is 13.3. The first-order valence-corrected chi connectivity index (χ1v) is 8.08. The van der Waals surface area contributed by atoms with E-state index in [2.05, 4.69) is 9.71 Å². The molecule has 1 heterocycles. The zero-order chi connectivity index (χ0) is 17.0. The summed E-state index contributed by atoms with van der Waals surface area (Å²) in [6, 6.07) is 6.38. The van der Waals surface area contributed by atoms with Gasteiger partial charge in [-0.2, -0.15) is 0 Å². The van der Waals surface area contributed by atoms with E-state index in [0.29, 0.717) is 5.56 Å². The maximum Gasteiger partial charge on any atom is 0.293 e. The van der Waals surface area contributed by atoms with E-state index in [1.54, 1.807) is 25.3 Å². The van der Waals surface area contributed by atoms with Crippen molar-refractivity contribution in [2.45, 2.75) is 17.9 Å². The highest BCUT2D eigenvalue weighted by atomic mass is 32.2. The molecule has 1 atom stereocenters. The number of nitro benzene ring substituents is 1. The van der Waals surface area contributed by atoms with E-state index in [9.17, 15) is 18.5 Å². The maximum absolute atomic E-state index is 12.5. The number of hydrogen-bond donors (Lipinski definition) is 1. The molecular formula is C14H15N3O5S. The predicted octanol–water partition coefficient (Wildman–Crippen LogP) is 2.04. The van der Waals surface area contributed by atoms with Gasteiger partial charge in [-0.15, -0.1) is 0 Å². The largest absolute Gasteiger partial charge is 0.497 e. The van der Waals surface area contributed by atoms with E-state index in [1.807, 2.05) is 0 Å². The fourth-order valence-electron chi connectivity index (χ4n) is 1.99. The van der Waals surface area contributed by atoms with Crippen molar-refractivity contribution < 1.29 is 18.1 Å². The van der Waals surface area contributed by atoms with Crippen LogP contribution >= 0.6 is 0 Å². The molecule has 0 bridgehead atoms. The van der Waals surface area contributed by atoms with Crippen LogP contribution in [0.4, 0.5) is 5.69 Å². The number of nitrogens with one attached hydrogen (secondary N) is 1. The number of pyridine rings is 1. The molecule has 1 N–H and O–H groups in total. The van der Waals surface area contributed by atoms with Crippen LogP contribution in [0.1, 0.15) is 18.5 Å². The smallest absolute Gasteiger partial charge is 0.293 e. The maximum atomic E-state index is 12.5. The quantitative estimate of drug-likeness (QED) is 0.638. The van der Waals surface area contributed by atoms with Crippen LogP contribution in [0.15, 0.2) is 47.6 Å². The van der Waals surface area contributed by atoms with Gasteiger partial charge in [-0.3, -0.25) is 15.1 Å². The molecule has 23 heavy (non-hydrogen) atoms. The molecule has 0 aliphatic rings. The van der Waals surface area contributed by atoms with Crippen molar-refractivity contribution in [2.24, 2.45) is 0 Å². The Labute approximate surface area is 133 Å². The molecule has 0 fully saturated rings. The molecule has 1 aromatic carbocycles. The van der Waals surface area contributed by atoms with Gasteiger partial charge in [0.2, 0.25) is 10.0 Å². The van der Waals surface area contributed by atoms with Crippen LogP contribution in [0.25, 0.3) is 0 Å². The van der Waals surface area contributed by atoms with Gasteiger partial charge in [0.1, 0.15) is 5.75 Å². The van der Waals surface area contributed by atoms with Gasteiger partial charge in [-0.1, -0.05) is 6.07 Å². The highest BCUT2D eigenvalue weighted by molar-refractivity contribution is 7.89. The Morgan fingerprint density at radius 1 is 1.35 bits per heavy atom. The van der Waals surface area contributed by atoms with Crippen molar-refractivity contribution in [3.05, 3.63) is 58.4 Å². The number of hydrogen-bond acceptors (Lipinski definition) is 6. The third kappa shape index (κ3) is 3.82. The van der Waals surface area contributed by atoms with Crippen LogP contribution in [0.2, 0.25) is 0 Å². The SMILES string of the molecule is COc1ccc(S(=O)(=O)NC(C)c2cccnc2)c([N+](=O)[O-])c1. The second-order valence-electron chi connectivity index (χ2n) is 4.72. The molecule has 1 aromatic heterocycles. The molecule has 8 nitrogen and oxygen atoms in total. The summed E-state index contributed by atoms with van der Waals surface area (Å²) in [5.41, 5.74) is 0.0995. The van der Waals surface area contributed by atoms with Crippen molar-refractivity contribution in [3.63, 3.8) is 0 Å². The lowest BCUT2D eigenvalue weighted by Gasteiger charge is -2.14. The normalized spacial score (nSPS) is 12.6. The Morgan fingerprint density at radius 2 is 2.09 bits per heavy atom. The van der Waals surface area contributed by atoms with E-state index in [-0.39, 0.29) is 5.75 Å². The molecule has 0 saturated carbocycles. The Morgan fingerprint density at radius 3 is 2.65 bits per heavy atom. The Bertz CT molecular complexity index is 808. The summed E-state index contributed by atoms with van der Waals surface area (Å²) in [4.78, 5) is 13.9. The van der Waals surface area contributed by atoms with Crippen molar-refractivity contribution in [2.75, 3.05) is 7.11 Å². The summed E-state index contributed by atoms with van der Waals surface area (Å²) in [6.07, 6.45) is 3.09. The summed E-state index contributed by atoms with van der Waals surface area (Å²) in [5, 5.41) is 11.1. The number of aromatic nitrogens is 1. The van der Waals surface area contributed by atoms with E-state index >= 15 is 0 Å². The summed E-state index contributed by atoms with van der Waals surface area (Å²) >= 11 is 0. The van der Waals surface area contributed by atoms with E-state index in [4.69, 9.17) is 4.74 Å². The molecule has 0 aliphatic heterocycles. The number of ether oxygens (including phenoxy) is 1. The molecular weight excluding hydrogens is 322 g/mol. The number of methoxy groups -OCH3 is 1. The predicted molar refractivity (Wildman–Crippen MR) is 82.6 cm³/mol. The summed E-state index contributed by atoms with van der Waals surface area (Å²) in [6.45, 7) is 1.63. The standard InChI is InChI=1S/C14H15N3O5S/c1-10(11-4-3-7-15-9-11)16-23(20,21)14-6-5-12(22-2)8-13(14)17(18)19/h3-10,16H,1-2H3. The molecule has 0 spiro atoms. The Hall–Kier alpha value is -2.52. The fraction of sp³-hybridized carbons (Fsp3) is 0.214. The van der Waals surface area contributed by atoms with Crippen LogP contribution in [0.5, 0.6) is 5.75 Å². The average molecular weight is 337 g/mol. The molecule has 2 aromatic rings. The Balaban J connectivity index is 2.38. The topological polar surface area (TPSA) is 111 Å². The number of sulfonamides is 1. The van der Waals surface area contributed by atoms with Gasteiger partial charge in [0.25, 0.3) is 5.69 Å². The number of nitrogens with zero attached hydrogens (tertiary/aromatic N) is 2. The molecule has 0 saturated heterocycles. The first-order chi connectivity index (χ1) is 10.8. The lowest BCUT2D eigenvalue weighted by Crippen LogP contribution is -2.27. The molecule has 2 rings (SSSR count).